The summed E-state index contributed by atoms with van der Waals surface area (Å²) >= 11 is 1.50. The van der Waals surface area contributed by atoms with E-state index in [0.717, 1.165) is 17.7 Å². The fourth-order valence-electron chi connectivity index (χ4n) is 2.41. The number of thioether (sulfide) groups is 1. The van der Waals surface area contributed by atoms with Crippen LogP contribution in [0.3, 0.4) is 0 Å². The molecule has 1 aromatic carbocycles. The quantitative estimate of drug-likeness (QED) is 0.864. The molecule has 1 atom stereocenters. The van der Waals surface area contributed by atoms with Crippen LogP contribution in [0.1, 0.15) is 29.6 Å². The lowest BCUT2D eigenvalue weighted by atomic mass is 10.0. The normalized spacial score (nSPS) is 19.2. The van der Waals surface area contributed by atoms with E-state index >= 15 is 0 Å². The summed E-state index contributed by atoms with van der Waals surface area (Å²) in [6, 6.07) is 6.66. The molecule has 4 nitrogen and oxygen atoms in total. The third kappa shape index (κ3) is 2.92. The van der Waals surface area contributed by atoms with Crippen molar-refractivity contribution >= 4 is 23.6 Å². The Morgan fingerprint density at radius 1 is 1.32 bits per heavy atom. The monoisotopic (exact) mass is 279 g/mol. The van der Waals surface area contributed by atoms with Gasteiger partial charge in [-0.25, -0.2) is 4.79 Å². The SMILES string of the molecule is CSc1ccccc1C(=O)N1CCCC[C@H]1C(=O)O. The summed E-state index contributed by atoms with van der Waals surface area (Å²) < 4.78 is 0. The zero-order valence-corrected chi connectivity index (χ0v) is 11.7. The Hall–Kier alpha value is -1.49. The fourth-order valence-corrected chi connectivity index (χ4v) is 3.00. The van der Waals surface area contributed by atoms with Crippen molar-refractivity contribution < 1.29 is 14.7 Å². The number of nitrogens with zero attached hydrogens (tertiary/aromatic N) is 1. The number of amides is 1. The van der Waals surface area contributed by atoms with Crippen molar-refractivity contribution in [3.8, 4) is 0 Å². The summed E-state index contributed by atoms with van der Waals surface area (Å²) in [6.45, 7) is 0.526. The molecule has 1 fully saturated rings. The number of carboxylic acids is 1. The molecule has 0 spiro atoms. The lowest BCUT2D eigenvalue weighted by Gasteiger charge is -2.33. The maximum atomic E-state index is 12.5. The van der Waals surface area contributed by atoms with Crippen molar-refractivity contribution in [1.82, 2.24) is 4.90 Å². The molecule has 5 heteroatoms. The first kappa shape index (κ1) is 13.9. The van der Waals surface area contributed by atoms with E-state index in [-0.39, 0.29) is 5.91 Å². The molecule has 0 radical (unpaired) electrons. The molecule has 1 aliphatic heterocycles. The molecule has 1 amide bonds. The van der Waals surface area contributed by atoms with Crippen LogP contribution in [-0.4, -0.2) is 40.7 Å². The van der Waals surface area contributed by atoms with Crippen molar-refractivity contribution in [1.29, 1.82) is 0 Å². The van der Waals surface area contributed by atoms with E-state index in [1.54, 1.807) is 6.07 Å². The third-order valence-electron chi connectivity index (χ3n) is 3.39. The van der Waals surface area contributed by atoms with Gasteiger partial charge in [0.05, 0.1) is 5.56 Å². The largest absolute Gasteiger partial charge is 0.480 e. The predicted octanol–water partition coefficient (Wildman–Crippen LogP) is 2.49. The molecule has 0 aromatic heterocycles. The van der Waals surface area contributed by atoms with Crippen LogP contribution in [0.4, 0.5) is 0 Å². The van der Waals surface area contributed by atoms with Crippen LogP contribution in [-0.2, 0) is 4.79 Å². The highest BCUT2D eigenvalue weighted by molar-refractivity contribution is 7.98. The van der Waals surface area contributed by atoms with Gasteiger partial charge in [0, 0.05) is 11.4 Å². The summed E-state index contributed by atoms with van der Waals surface area (Å²) in [6.07, 6.45) is 4.20. The minimum Gasteiger partial charge on any atom is -0.480 e. The van der Waals surface area contributed by atoms with Gasteiger partial charge in [-0.3, -0.25) is 4.79 Å². The standard InChI is InChI=1S/C14H17NO3S/c1-19-12-8-3-2-6-10(12)13(16)15-9-5-4-7-11(15)14(17)18/h2-3,6,8,11H,4-5,7,9H2,1H3,(H,17,18)/t11-/m0/s1. The third-order valence-corrected chi connectivity index (χ3v) is 4.18. The molecule has 0 bridgehead atoms. The van der Waals surface area contributed by atoms with E-state index in [1.807, 2.05) is 24.5 Å². The second-order valence-electron chi connectivity index (χ2n) is 4.55. The van der Waals surface area contributed by atoms with E-state index in [9.17, 15) is 14.7 Å². The van der Waals surface area contributed by atoms with Crippen molar-refractivity contribution in [2.45, 2.75) is 30.2 Å². The first-order valence-corrected chi connectivity index (χ1v) is 7.54. The smallest absolute Gasteiger partial charge is 0.326 e. The highest BCUT2D eigenvalue weighted by Gasteiger charge is 2.33. The average Bonchev–Trinajstić information content (AvgIpc) is 2.46. The molecule has 0 unspecified atom stereocenters. The summed E-state index contributed by atoms with van der Waals surface area (Å²) in [5, 5.41) is 9.23. The number of likely N-dealkylation sites (tertiary alicyclic amines) is 1. The van der Waals surface area contributed by atoms with Crippen LogP contribution in [0.25, 0.3) is 0 Å². The Morgan fingerprint density at radius 2 is 2.05 bits per heavy atom. The number of benzene rings is 1. The molecule has 19 heavy (non-hydrogen) atoms. The summed E-state index contributed by atoms with van der Waals surface area (Å²) in [5.74, 6) is -1.08. The van der Waals surface area contributed by atoms with Gasteiger partial charge in [0.2, 0.25) is 0 Å². The first-order chi connectivity index (χ1) is 9.15. The van der Waals surface area contributed by atoms with Crippen LogP contribution in [0, 0.1) is 0 Å². The van der Waals surface area contributed by atoms with Gasteiger partial charge in [0.1, 0.15) is 6.04 Å². The van der Waals surface area contributed by atoms with Crippen LogP contribution in [0.2, 0.25) is 0 Å². The number of hydrogen-bond acceptors (Lipinski definition) is 3. The second kappa shape index (κ2) is 6.10. The van der Waals surface area contributed by atoms with Crippen LogP contribution >= 0.6 is 11.8 Å². The van der Waals surface area contributed by atoms with Crippen LogP contribution in [0.15, 0.2) is 29.2 Å². The van der Waals surface area contributed by atoms with Crippen LogP contribution < -0.4 is 0 Å². The minimum absolute atomic E-state index is 0.169. The van der Waals surface area contributed by atoms with Crippen molar-refractivity contribution in [2.24, 2.45) is 0 Å². The topological polar surface area (TPSA) is 57.6 Å². The minimum atomic E-state index is -0.908. The van der Waals surface area contributed by atoms with Gasteiger partial charge in [0.25, 0.3) is 5.91 Å². The van der Waals surface area contributed by atoms with E-state index in [0.29, 0.717) is 18.5 Å². The summed E-state index contributed by atoms with van der Waals surface area (Å²) in [5.41, 5.74) is 0.600. The number of carboxylic acid groups (broad SMARTS) is 1. The molecule has 2 rings (SSSR count). The zero-order valence-electron chi connectivity index (χ0n) is 10.8. The highest BCUT2D eigenvalue weighted by atomic mass is 32.2. The Balaban J connectivity index is 2.29. The summed E-state index contributed by atoms with van der Waals surface area (Å²) in [7, 11) is 0. The lowest BCUT2D eigenvalue weighted by Crippen LogP contribution is -2.48. The Bertz CT molecular complexity index is 489. The number of aliphatic carboxylic acids is 1. The molecule has 1 aliphatic rings. The van der Waals surface area contributed by atoms with Crippen molar-refractivity contribution in [3.63, 3.8) is 0 Å². The fraction of sp³-hybridized carbons (Fsp3) is 0.429. The molecule has 1 N–H and O–H groups in total. The molecule has 0 aliphatic carbocycles. The van der Waals surface area contributed by atoms with Gasteiger partial charge in [0.15, 0.2) is 0 Å². The average molecular weight is 279 g/mol. The van der Waals surface area contributed by atoms with Gasteiger partial charge in [-0.1, -0.05) is 12.1 Å². The van der Waals surface area contributed by atoms with Gasteiger partial charge < -0.3 is 10.0 Å². The van der Waals surface area contributed by atoms with Crippen molar-refractivity contribution in [2.75, 3.05) is 12.8 Å². The number of carbonyl (C=O) groups excluding carboxylic acids is 1. The van der Waals surface area contributed by atoms with E-state index in [1.165, 1.54) is 16.7 Å². The number of carbonyl (C=O) groups is 2. The molecular weight excluding hydrogens is 262 g/mol. The van der Waals surface area contributed by atoms with Crippen LogP contribution in [0.5, 0.6) is 0 Å². The molecule has 102 valence electrons. The van der Waals surface area contributed by atoms with Gasteiger partial charge in [-0.15, -0.1) is 11.8 Å². The molecule has 1 aromatic rings. The zero-order chi connectivity index (χ0) is 13.8. The summed E-state index contributed by atoms with van der Waals surface area (Å²) in [4.78, 5) is 26.2. The van der Waals surface area contributed by atoms with Gasteiger partial charge in [-0.05, 0) is 37.7 Å². The maximum Gasteiger partial charge on any atom is 0.326 e. The molecule has 0 saturated carbocycles. The number of piperidine rings is 1. The highest BCUT2D eigenvalue weighted by Crippen LogP contribution is 2.25. The Kier molecular flexibility index (Phi) is 4.47. The number of hydrogen-bond donors (Lipinski definition) is 1. The van der Waals surface area contributed by atoms with E-state index in [2.05, 4.69) is 0 Å². The van der Waals surface area contributed by atoms with Crippen molar-refractivity contribution in [3.05, 3.63) is 29.8 Å². The Morgan fingerprint density at radius 3 is 2.74 bits per heavy atom. The van der Waals surface area contributed by atoms with E-state index in [4.69, 9.17) is 0 Å². The molecule has 1 heterocycles. The Labute approximate surface area is 116 Å². The maximum absolute atomic E-state index is 12.5. The number of rotatable bonds is 3. The second-order valence-corrected chi connectivity index (χ2v) is 5.40. The molecular formula is C14H17NO3S. The molecule has 1 saturated heterocycles. The first-order valence-electron chi connectivity index (χ1n) is 6.32. The van der Waals surface area contributed by atoms with Gasteiger partial charge in [-0.2, -0.15) is 0 Å². The lowest BCUT2D eigenvalue weighted by molar-refractivity contribution is -0.143. The van der Waals surface area contributed by atoms with E-state index < -0.39 is 12.0 Å². The predicted molar refractivity (Wildman–Crippen MR) is 74.5 cm³/mol. The van der Waals surface area contributed by atoms with Gasteiger partial charge >= 0.3 is 5.97 Å².